The van der Waals surface area contributed by atoms with E-state index < -0.39 is 80.7 Å². The molecular formula is C49H92O14. The molecule has 11 atom stereocenters. The number of esters is 1. The van der Waals surface area contributed by atoms with Crippen LogP contribution in [0.1, 0.15) is 194 Å². The van der Waals surface area contributed by atoms with Gasteiger partial charge in [0.25, 0.3) is 0 Å². The average molecular weight is 905 g/mol. The van der Waals surface area contributed by atoms with Crippen LogP contribution in [0.25, 0.3) is 0 Å². The highest BCUT2D eigenvalue weighted by molar-refractivity contribution is 5.69. The molecule has 2 fully saturated rings. The van der Waals surface area contributed by atoms with Crippen LogP contribution in [0.2, 0.25) is 0 Å². The van der Waals surface area contributed by atoms with Crippen molar-refractivity contribution in [3.8, 4) is 0 Å². The minimum Gasteiger partial charge on any atom is -0.457 e. The summed E-state index contributed by atoms with van der Waals surface area (Å²) >= 11 is 0. The zero-order chi connectivity index (χ0) is 45.9. The lowest BCUT2D eigenvalue weighted by molar-refractivity contribution is -0.332. The Morgan fingerprint density at radius 1 is 0.508 bits per heavy atom. The predicted molar refractivity (Wildman–Crippen MR) is 243 cm³/mol. The maximum absolute atomic E-state index is 13.0. The van der Waals surface area contributed by atoms with Crippen molar-refractivity contribution in [2.45, 2.75) is 261 Å². The number of ether oxygens (including phenoxy) is 6. The van der Waals surface area contributed by atoms with E-state index in [2.05, 4.69) is 26.0 Å². The second kappa shape index (κ2) is 37.8. The van der Waals surface area contributed by atoms with Crippen molar-refractivity contribution < 1.29 is 69.0 Å². The lowest BCUT2D eigenvalue weighted by Gasteiger charge is -2.42. The third-order valence-electron chi connectivity index (χ3n) is 12.3. The Morgan fingerprint density at radius 2 is 0.937 bits per heavy atom. The van der Waals surface area contributed by atoms with Crippen molar-refractivity contribution in [3.05, 3.63) is 12.2 Å². The van der Waals surface area contributed by atoms with E-state index in [0.29, 0.717) is 13.0 Å². The third kappa shape index (κ3) is 26.0. The number of hydrogen-bond donors (Lipinski definition) is 7. The van der Waals surface area contributed by atoms with E-state index >= 15 is 0 Å². The second-order valence-corrected chi connectivity index (χ2v) is 18.0. The quantitative estimate of drug-likeness (QED) is 0.0186. The van der Waals surface area contributed by atoms with Gasteiger partial charge in [0.05, 0.1) is 26.4 Å². The number of aliphatic hydroxyl groups is 7. The van der Waals surface area contributed by atoms with Gasteiger partial charge in [-0.25, -0.2) is 0 Å². The Bertz CT molecular complexity index is 1100. The molecule has 0 bridgehead atoms. The molecule has 11 unspecified atom stereocenters. The van der Waals surface area contributed by atoms with E-state index in [1.807, 2.05) is 0 Å². The van der Waals surface area contributed by atoms with Gasteiger partial charge in [-0.15, -0.1) is 0 Å². The Kier molecular flexibility index (Phi) is 34.7. The van der Waals surface area contributed by atoms with Crippen LogP contribution in [0.3, 0.4) is 0 Å². The standard InChI is InChI=1S/C49H92O14/c1-3-5-7-9-11-13-15-17-19-21-23-25-27-29-31-33-58-35-38(61-41(51)32-30-28-26-24-22-20-18-16-14-12-10-8-6-4-2)36-59-48-47(57)45(55)43(53)40(63-48)37-60-49-46(56)44(54)42(52)39(34-50)62-49/h15,17,38-40,42-50,52-57H,3-14,16,18-37H2,1-2H3/b17-15-. The third-order valence-corrected chi connectivity index (χ3v) is 12.3. The number of aliphatic hydroxyl groups excluding tert-OH is 7. The van der Waals surface area contributed by atoms with Gasteiger partial charge in [0, 0.05) is 13.0 Å². The van der Waals surface area contributed by atoms with Gasteiger partial charge in [-0.1, -0.05) is 161 Å². The topological polar surface area (TPSA) is 214 Å². The molecule has 2 aliphatic rings. The summed E-state index contributed by atoms with van der Waals surface area (Å²) < 4.78 is 34.2. The molecule has 7 N–H and O–H groups in total. The summed E-state index contributed by atoms with van der Waals surface area (Å²) in [5, 5.41) is 72.0. The molecule has 2 aliphatic heterocycles. The van der Waals surface area contributed by atoms with E-state index in [1.54, 1.807) is 0 Å². The molecule has 63 heavy (non-hydrogen) atoms. The van der Waals surface area contributed by atoms with Crippen LogP contribution in [-0.4, -0.2) is 142 Å². The first kappa shape index (κ1) is 57.9. The van der Waals surface area contributed by atoms with Crippen molar-refractivity contribution in [3.63, 3.8) is 0 Å². The van der Waals surface area contributed by atoms with Crippen LogP contribution in [0.5, 0.6) is 0 Å². The fourth-order valence-electron chi connectivity index (χ4n) is 8.10. The number of carbonyl (C=O) groups is 1. The summed E-state index contributed by atoms with van der Waals surface area (Å²) in [5.74, 6) is -0.376. The highest BCUT2D eigenvalue weighted by Gasteiger charge is 2.47. The van der Waals surface area contributed by atoms with Gasteiger partial charge in [0.15, 0.2) is 12.6 Å². The summed E-state index contributed by atoms with van der Waals surface area (Å²) in [6, 6.07) is 0. The first-order valence-corrected chi connectivity index (χ1v) is 25.3. The van der Waals surface area contributed by atoms with Crippen molar-refractivity contribution >= 4 is 5.97 Å². The number of unbranched alkanes of at least 4 members (excludes halogenated alkanes) is 24. The molecule has 372 valence electrons. The molecule has 2 saturated heterocycles. The van der Waals surface area contributed by atoms with Gasteiger partial charge >= 0.3 is 5.97 Å². The van der Waals surface area contributed by atoms with Crippen LogP contribution in [0.4, 0.5) is 0 Å². The molecule has 2 heterocycles. The molecule has 0 saturated carbocycles. The van der Waals surface area contributed by atoms with Crippen LogP contribution < -0.4 is 0 Å². The van der Waals surface area contributed by atoms with E-state index in [-0.39, 0.29) is 25.6 Å². The minimum atomic E-state index is -1.70. The molecule has 0 aromatic carbocycles. The lowest BCUT2D eigenvalue weighted by Crippen LogP contribution is -2.61. The van der Waals surface area contributed by atoms with Crippen LogP contribution in [-0.2, 0) is 33.2 Å². The van der Waals surface area contributed by atoms with E-state index in [1.165, 1.54) is 122 Å². The van der Waals surface area contributed by atoms with Gasteiger partial charge in [0.1, 0.15) is 54.9 Å². The summed E-state index contributed by atoms with van der Waals surface area (Å²) in [7, 11) is 0. The fraction of sp³-hybridized carbons (Fsp3) is 0.939. The molecule has 14 nitrogen and oxygen atoms in total. The van der Waals surface area contributed by atoms with E-state index in [9.17, 15) is 40.5 Å². The molecular weight excluding hydrogens is 813 g/mol. The van der Waals surface area contributed by atoms with Crippen molar-refractivity contribution in [2.24, 2.45) is 0 Å². The normalized spacial score (nSPS) is 27.0. The molecule has 0 aliphatic carbocycles. The fourth-order valence-corrected chi connectivity index (χ4v) is 8.10. The maximum Gasteiger partial charge on any atom is 0.306 e. The highest BCUT2D eigenvalue weighted by atomic mass is 16.7. The first-order valence-electron chi connectivity index (χ1n) is 25.3. The number of allylic oxidation sites excluding steroid dienone is 2. The Morgan fingerprint density at radius 3 is 1.44 bits per heavy atom. The van der Waals surface area contributed by atoms with Gasteiger partial charge in [-0.3, -0.25) is 4.79 Å². The Labute approximate surface area is 380 Å². The Hall–Kier alpha value is -1.27. The lowest BCUT2D eigenvalue weighted by atomic mass is 9.98. The first-order chi connectivity index (χ1) is 30.6. The predicted octanol–water partition coefficient (Wildman–Crippen LogP) is 7.07. The number of carbonyl (C=O) groups excluding carboxylic acids is 1. The zero-order valence-corrected chi connectivity index (χ0v) is 39.3. The summed E-state index contributed by atoms with van der Waals surface area (Å²) in [6.07, 6.45) is 21.3. The van der Waals surface area contributed by atoms with Gasteiger partial charge in [0.2, 0.25) is 0 Å². The molecule has 14 heteroatoms. The smallest absolute Gasteiger partial charge is 0.306 e. The average Bonchev–Trinajstić information content (AvgIpc) is 3.28. The monoisotopic (exact) mass is 905 g/mol. The second-order valence-electron chi connectivity index (χ2n) is 18.0. The van der Waals surface area contributed by atoms with Crippen molar-refractivity contribution in [1.82, 2.24) is 0 Å². The van der Waals surface area contributed by atoms with Gasteiger partial charge in [-0.05, 0) is 38.5 Å². The summed E-state index contributed by atoms with van der Waals surface area (Å²) in [4.78, 5) is 13.0. The van der Waals surface area contributed by atoms with Gasteiger partial charge in [-0.2, -0.15) is 0 Å². The van der Waals surface area contributed by atoms with Crippen molar-refractivity contribution in [1.29, 1.82) is 0 Å². The van der Waals surface area contributed by atoms with E-state index in [4.69, 9.17) is 28.4 Å². The van der Waals surface area contributed by atoms with Crippen LogP contribution in [0, 0.1) is 0 Å². The SMILES string of the molecule is CCCCCCC/C=C\CCCCCCCCOCC(COC1OC(COC2OC(CO)C(O)C(O)C2O)C(O)C(O)C1O)OC(=O)CCCCCCCCCCCCCCCC. The Balaban J connectivity index is 1.78. The van der Waals surface area contributed by atoms with Crippen molar-refractivity contribution in [2.75, 3.05) is 33.0 Å². The zero-order valence-electron chi connectivity index (χ0n) is 39.3. The maximum atomic E-state index is 13.0. The highest BCUT2D eigenvalue weighted by Crippen LogP contribution is 2.26. The summed E-state index contributed by atoms with van der Waals surface area (Å²) in [5.41, 5.74) is 0. The largest absolute Gasteiger partial charge is 0.457 e. The molecule has 0 spiro atoms. The molecule has 0 amide bonds. The molecule has 0 aromatic rings. The minimum absolute atomic E-state index is 0.0626. The van der Waals surface area contributed by atoms with Crippen LogP contribution in [0.15, 0.2) is 12.2 Å². The van der Waals surface area contributed by atoms with Gasteiger partial charge < -0.3 is 64.2 Å². The van der Waals surface area contributed by atoms with Crippen LogP contribution >= 0.6 is 0 Å². The molecule has 2 rings (SSSR count). The van der Waals surface area contributed by atoms with E-state index in [0.717, 1.165) is 44.9 Å². The summed E-state index contributed by atoms with van der Waals surface area (Å²) in [6.45, 7) is 3.68. The molecule has 0 radical (unpaired) electrons. The number of rotatable bonds is 40. The molecule has 0 aromatic heterocycles. The number of hydrogen-bond acceptors (Lipinski definition) is 14.